The van der Waals surface area contributed by atoms with Crippen LogP contribution in [0.5, 0.6) is 0 Å². The number of fused-ring (bicyclic) bond motifs is 1. The number of benzene rings is 1. The van der Waals surface area contributed by atoms with Crippen LogP contribution in [0, 0.1) is 0 Å². The number of ether oxygens (including phenoxy) is 1. The molecule has 178 valence electrons. The molecule has 0 radical (unpaired) electrons. The monoisotopic (exact) mass is 434 g/mol. The molecule has 1 aromatic rings. The summed E-state index contributed by atoms with van der Waals surface area (Å²) in [5.41, 5.74) is 7.26. The van der Waals surface area contributed by atoms with Crippen LogP contribution >= 0.6 is 0 Å². The van der Waals surface area contributed by atoms with E-state index in [1.54, 1.807) is 19.1 Å². The Morgan fingerprint density at radius 1 is 1.16 bits per heavy atom. The minimum absolute atomic E-state index is 0.0893. The SMILES string of the molecule is C1CCNCC1.CC.CCc1ccc2c(c1)/C(=N/NC(C)CC)CC(=O)N2C.COC. The first kappa shape index (κ1) is 29.1. The highest BCUT2D eigenvalue weighted by Crippen LogP contribution is 2.28. The molecule has 3 rings (SSSR count). The van der Waals surface area contributed by atoms with Gasteiger partial charge >= 0.3 is 0 Å². The molecule has 31 heavy (non-hydrogen) atoms. The molecular weight excluding hydrogens is 388 g/mol. The molecule has 1 unspecified atom stereocenters. The molecular formula is C25H46N4O2. The van der Waals surface area contributed by atoms with E-state index in [2.05, 4.69) is 53.5 Å². The van der Waals surface area contributed by atoms with E-state index in [1.165, 1.54) is 37.9 Å². The summed E-state index contributed by atoms with van der Waals surface area (Å²) in [7, 11) is 5.08. The Bertz CT molecular complexity index is 631. The molecule has 1 aromatic carbocycles. The van der Waals surface area contributed by atoms with Crippen molar-refractivity contribution in [1.29, 1.82) is 0 Å². The maximum Gasteiger partial charge on any atom is 0.232 e. The second kappa shape index (κ2) is 17.7. The van der Waals surface area contributed by atoms with Gasteiger partial charge in [-0.15, -0.1) is 0 Å². The van der Waals surface area contributed by atoms with E-state index in [1.807, 2.05) is 27.0 Å². The van der Waals surface area contributed by atoms with E-state index in [0.717, 1.165) is 29.8 Å². The lowest BCUT2D eigenvalue weighted by atomic mass is 9.96. The van der Waals surface area contributed by atoms with Crippen molar-refractivity contribution in [3.63, 3.8) is 0 Å². The largest absolute Gasteiger partial charge is 0.388 e. The number of aryl methyl sites for hydroxylation is 1. The number of carbonyl (C=O) groups is 1. The van der Waals surface area contributed by atoms with Gasteiger partial charge < -0.3 is 20.4 Å². The van der Waals surface area contributed by atoms with E-state index in [0.29, 0.717) is 12.5 Å². The molecule has 6 heteroatoms. The number of hydrogen-bond acceptors (Lipinski definition) is 5. The Morgan fingerprint density at radius 3 is 2.23 bits per heavy atom. The van der Waals surface area contributed by atoms with Crippen molar-refractivity contribution in [2.75, 3.05) is 39.3 Å². The highest BCUT2D eigenvalue weighted by Gasteiger charge is 2.26. The van der Waals surface area contributed by atoms with Gasteiger partial charge in [-0.2, -0.15) is 5.10 Å². The number of amides is 1. The molecule has 1 fully saturated rings. The van der Waals surface area contributed by atoms with Crippen LogP contribution in [-0.2, 0) is 16.0 Å². The third-order valence-electron chi connectivity index (χ3n) is 5.07. The van der Waals surface area contributed by atoms with Crippen LogP contribution in [0.25, 0.3) is 0 Å². The molecule has 0 spiro atoms. The van der Waals surface area contributed by atoms with Gasteiger partial charge in [-0.05, 0) is 63.4 Å². The summed E-state index contributed by atoms with van der Waals surface area (Å²) >= 11 is 0. The fraction of sp³-hybridized carbons (Fsp3) is 0.680. The van der Waals surface area contributed by atoms with Crippen LogP contribution in [0.15, 0.2) is 23.3 Å². The number of hydrazone groups is 1. The molecule has 1 atom stereocenters. The fourth-order valence-corrected chi connectivity index (χ4v) is 3.00. The predicted octanol–water partition coefficient (Wildman–Crippen LogP) is 4.76. The second-order valence-corrected chi connectivity index (χ2v) is 7.55. The molecule has 0 bridgehead atoms. The van der Waals surface area contributed by atoms with E-state index >= 15 is 0 Å². The lowest BCUT2D eigenvalue weighted by Gasteiger charge is -2.27. The summed E-state index contributed by atoms with van der Waals surface area (Å²) in [6.07, 6.45) is 6.57. The molecule has 1 saturated heterocycles. The van der Waals surface area contributed by atoms with Gasteiger partial charge in [-0.1, -0.05) is 40.2 Å². The molecule has 2 heterocycles. The molecule has 2 aliphatic heterocycles. The number of hydrogen-bond donors (Lipinski definition) is 2. The predicted molar refractivity (Wildman–Crippen MR) is 134 cm³/mol. The Labute approximate surface area is 190 Å². The van der Waals surface area contributed by atoms with Crippen LogP contribution in [0.3, 0.4) is 0 Å². The van der Waals surface area contributed by atoms with Gasteiger partial charge in [0.2, 0.25) is 5.91 Å². The highest BCUT2D eigenvalue weighted by molar-refractivity contribution is 6.21. The summed E-state index contributed by atoms with van der Waals surface area (Å²) in [5.74, 6) is 0.0893. The molecule has 0 aromatic heterocycles. The van der Waals surface area contributed by atoms with Crippen molar-refractivity contribution in [1.82, 2.24) is 10.7 Å². The average Bonchev–Trinajstić information content (AvgIpc) is 2.83. The van der Waals surface area contributed by atoms with E-state index in [9.17, 15) is 4.79 Å². The standard InChI is InChI=1S/C16H23N3O.C5H11N.C2H6O.C2H6/c1-5-11(3)17-18-14-10-16(20)19(4)15-8-7-12(6-2)9-13(14)15;1-2-4-6-5-3-1;1-3-2;1-2/h7-9,11,17H,5-6,10H2,1-4H3;6H,1-5H2;1-2H3;1-2H3/b18-14+;;;. The van der Waals surface area contributed by atoms with Gasteiger partial charge in [-0.3, -0.25) is 4.79 Å². The number of anilines is 1. The molecule has 2 N–H and O–H groups in total. The molecule has 1 amide bonds. The van der Waals surface area contributed by atoms with Crippen molar-refractivity contribution in [3.8, 4) is 0 Å². The maximum absolute atomic E-state index is 12.1. The highest BCUT2D eigenvalue weighted by atomic mass is 16.4. The zero-order valence-corrected chi connectivity index (χ0v) is 21.2. The number of methoxy groups -OCH3 is 1. The van der Waals surface area contributed by atoms with Gasteiger partial charge in [0.1, 0.15) is 0 Å². The number of nitrogens with zero attached hydrogens (tertiary/aromatic N) is 2. The quantitative estimate of drug-likeness (QED) is 0.671. The van der Waals surface area contributed by atoms with Crippen molar-refractivity contribution >= 4 is 17.3 Å². The second-order valence-electron chi connectivity index (χ2n) is 7.55. The number of carbonyl (C=O) groups excluding carboxylic acids is 1. The van der Waals surface area contributed by atoms with Gasteiger partial charge in [0.15, 0.2) is 0 Å². The minimum Gasteiger partial charge on any atom is -0.388 e. The van der Waals surface area contributed by atoms with Crippen LogP contribution < -0.4 is 15.6 Å². The average molecular weight is 435 g/mol. The van der Waals surface area contributed by atoms with E-state index in [4.69, 9.17) is 0 Å². The molecule has 0 aliphatic carbocycles. The Morgan fingerprint density at radius 2 is 1.77 bits per heavy atom. The van der Waals surface area contributed by atoms with Gasteiger partial charge in [0, 0.05) is 32.9 Å². The van der Waals surface area contributed by atoms with Crippen LogP contribution in [-0.4, -0.2) is 52.0 Å². The molecule has 2 aliphatic rings. The van der Waals surface area contributed by atoms with Crippen molar-refractivity contribution in [2.24, 2.45) is 5.10 Å². The zero-order chi connectivity index (χ0) is 23.6. The minimum atomic E-state index is 0.0893. The van der Waals surface area contributed by atoms with Gasteiger partial charge in [-0.25, -0.2) is 0 Å². The first-order valence-corrected chi connectivity index (χ1v) is 11.8. The van der Waals surface area contributed by atoms with Gasteiger partial charge in [0.25, 0.3) is 0 Å². The molecule has 0 saturated carbocycles. The van der Waals surface area contributed by atoms with Crippen molar-refractivity contribution < 1.29 is 9.53 Å². The zero-order valence-electron chi connectivity index (χ0n) is 21.2. The van der Waals surface area contributed by atoms with Crippen molar-refractivity contribution in [2.45, 2.75) is 79.2 Å². The number of rotatable bonds is 4. The fourth-order valence-electron chi connectivity index (χ4n) is 3.00. The topological polar surface area (TPSA) is 66.0 Å². The Hall–Kier alpha value is -1.92. The summed E-state index contributed by atoms with van der Waals surface area (Å²) in [6.45, 7) is 12.8. The normalized spacial score (nSPS) is 17.1. The van der Waals surface area contributed by atoms with Crippen molar-refractivity contribution in [3.05, 3.63) is 29.3 Å². The van der Waals surface area contributed by atoms with Crippen LogP contribution in [0.2, 0.25) is 0 Å². The number of piperidine rings is 1. The lowest BCUT2D eigenvalue weighted by Crippen LogP contribution is -2.35. The van der Waals surface area contributed by atoms with Gasteiger partial charge in [0.05, 0.1) is 17.8 Å². The first-order chi connectivity index (χ1) is 15.0. The number of nitrogens with one attached hydrogen (secondary N) is 2. The Balaban J connectivity index is 0.000000677. The first-order valence-electron chi connectivity index (χ1n) is 11.8. The van der Waals surface area contributed by atoms with E-state index in [-0.39, 0.29) is 5.91 Å². The summed E-state index contributed by atoms with van der Waals surface area (Å²) in [5, 5.41) is 7.76. The summed E-state index contributed by atoms with van der Waals surface area (Å²) in [4.78, 5) is 13.8. The third-order valence-corrected chi connectivity index (χ3v) is 5.07. The lowest BCUT2D eigenvalue weighted by molar-refractivity contribution is -0.117. The van der Waals surface area contributed by atoms with Crippen LogP contribution in [0.1, 0.15) is 77.8 Å². The van der Waals surface area contributed by atoms with E-state index < -0.39 is 0 Å². The smallest absolute Gasteiger partial charge is 0.232 e. The van der Waals surface area contributed by atoms with Crippen LogP contribution in [0.4, 0.5) is 5.69 Å². The maximum atomic E-state index is 12.1. The summed E-state index contributed by atoms with van der Waals surface area (Å²) < 4.78 is 4.25. The third kappa shape index (κ3) is 10.8. The summed E-state index contributed by atoms with van der Waals surface area (Å²) in [6, 6.07) is 6.56. The molecule has 6 nitrogen and oxygen atoms in total. The Kier molecular flexibility index (Phi) is 16.6.